The molecule has 2 heterocycles. The zero-order chi connectivity index (χ0) is 16.3. The number of rotatable bonds is 5. The van der Waals surface area contributed by atoms with Crippen LogP contribution in [0.1, 0.15) is 51.3 Å². The Morgan fingerprint density at radius 3 is 2.65 bits per heavy atom. The van der Waals surface area contributed by atoms with Gasteiger partial charge in [-0.15, -0.1) is 21.5 Å². The maximum atomic E-state index is 12.6. The molecule has 1 aliphatic rings. The van der Waals surface area contributed by atoms with Crippen LogP contribution in [0.4, 0.5) is 0 Å². The molecule has 0 saturated heterocycles. The van der Waals surface area contributed by atoms with Crippen molar-refractivity contribution < 1.29 is 12.8 Å². The van der Waals surface area contributed by atoms with E-state index >= 15 is 0 Å². The molecule has 0 aliphatic heterocycles. The number of aryl methyl sites for hydroxylation is 1. The van der Waals surface area contributed by atoms with Crippen molar-refractivity contribution >= 4 is 21.4 Å². The molecular weight excluding hydrogens is 334 g/mol. The minimum Gasteiger partial charge on any atom is -0.421 e. The third kappa shape index (κ3) is 3.99. The highest BCUT2D eigenvalue weighted by molar-refractivity contribution is 7.91. The van der Waals surface area contributed by atoms with Crippen molar-refractivity contribution in [3.05, 3.63) is 17.3 Å². The lowest BCUT2D eigenvalue weighted by Gasteiger charge is -2.15. The van der Waals surface area contributed by atoms with Crippen LogP contribution in [-0.2, 0) is 16.4 Å². The van der Waals surface area contributed by atoms with Gasteiger partial charge in [-0.3, -0.25) is 0 Å². The van der Waals surface area contributed by atoms with Gasteiger partial charge in [-0.05, 0) is 18.9 Å². The van der Waals surface area contributed by atoms with Gasteiger partial charge in [0, 0.05) is 17.8 Å². The molecule has 1 N–H and O–H groups in total. The summed E-state index contributed by atoms with van der Waals surface area (Å²) in [6, 6.07) is 1.65. The second-order valence-corrected chi connectivity index (χ2v) is 8.67. The minimum atomic E-state index is -3.48. The van der Waals surface area contributed by atoms with Crippen LogP contribution in [0.25, 0.3) is 11.5 Å². The van der Waals surface area contributed by atoms with E-state index in [2.05, 4.69) is 14.9 Å². The summed E-state index contributed by atoms with van der Waals surface area (Å²) in [7, 11) is -3.48. The van der Waals surface area contributed by atoms with Crippen molar-refractivity contribution in [3.8, 4) is 11.5 Å². The number of hydrogen-bond donors (Lipinski definition) is 1. The van der Waals surface area contributed by atoms with Gasteiger partial charge in [0.05, 0.1) is 5.56 Å². The Bertz CT molecular complexity index is 744. The van der Waals surface area contributed by atoms with Crippen molar-refractivity contribution in [1.29, 1.82) is 0 Å². The number of nitrogens with one attached hydrogen (secondary N) is 1. The lowest BCUT2D eigenvalue weighted by Crippen LogP contribution is -2.33. The molecular formula is C15H21N3O3S2. The molecule has 0 aromatic carbocycles. The summed E-state index contributed by atoms with van der Waals surface area (Å²) in [6.07, 6.45) is 7.05. The summed E-state index contributed by atoms with van der Waals surface area (Å²) in [5, 5.41) is 9.61. The van der Waals surface area contributed by atoms with E-state index in [1.807, 2.05) is 6.92 Å². The predicted molar refractivity (Wildman–Crippen MR) is 88.8 cm³/mol. The fourth-order valence-electron chi connectivity index (χ4n) is 2.76. The number of thiophene rings is 1. The molecule has 0 bridgehead atoms. The van der Waals surface area contributed by atoms with E-state index in [1.54, 1.807) is 11.4 Å². The van der Waals surface area contributed by atoms with Crippen molar-refractivity contribution in [2.45, 2.75) is 62.1 Å². The first-order chi connectivity index (χ1) is 11.1. The highest BCUT2D eigenvalue weighted by Crippen LogP contribution is 2.28. The summed E-state index contributed by atoms with van der Waals surface area (Å²) < 4.78 is 33.7. The van der Waals surface area contributed by atoms with E-state index < -0.39 is 10.0 Å². The fraction of sp³-hybridized carbons (Fsp3) is 0.600. The van der Waals surface area contributed by atoms with Crippen molar-refractivity contribution in [2.75, 3.05) is 0 Å². The van der Waals surface area contributed by atoms with Gasteiger partial charge in [-0.2, -0.15) is 0 Å². The van der Waals surface area contributed by atoms with Crippen LogP contribution in [0.2, 0.25) is 0 Å². The normalized spacial score (nSPS) is 17.3. The van der Waals surface area contributed by atoms with Gasteiger partial charge < -0.3 is 4.42 Å². The Morgan fingerprint density at radius 1 is 1.26 bits per heavy atom. The molecule has 23 heavy (non-hydrogen) atoms. The molecule has 1 aliphatic carbocycles. The van der Waals surface area contributed by atoms with Gasteiger partial charge in [0.15, 0.2) is 0 Å². The van der Waals surface area contributed by atoms with E-state index in [0.717, 1.165) is 25.7 Å². The van der Waals surface area contributed by atoms with Crippen LogP contribution in [-0.4, -0.2) is 24.7 Å². The van der Waals surface area contributed by atoms with Crippen LogP contribution in [0.15, 0.2) is 20.1 Å². The highest BCUT2D eigenvalue weighted by Gasteiger charge is 2.23. The summed E-state index contributed by atoms with van der Waals surface area (Å²) in [5.41, 5.74) is 0.656. The van der Waals surface area contributed by atoms with Crippen LogP contribution >= 0.6 is 11.3 Å². The summed E-state index contributed by atoms with van der Waals surface area (Å²) in [4.78, 5) is 0. The molecule has 0 atom stereocenters. The van der Waals surface area contributed by atoms with Crippen molar-refractivity contribution in [2.24, 2.45) is 0 Å². The summed E-state index contributed by atoms with van der Waals surface area (Å²) in [6.45, 7) is 1.93. The molecule has 6 nitrogen and oxygen atoms in total. The molecule has 0 unspecified atom stereocenters. The molecule has 3 rings (SSSR count). The first kappa shape index (κ1) is 16.6. The molecule has 1 saturated carbocycles. The number of hydrogen-bond acceptors (Lipinski definition) is 6. The maximum absolute atomic E-state index is 12.6. The zero-order valence-electron chi connectivity index (χ0n) is 13.1. The van der Waals surface area contributed by atoms with E-state index in [-0.39, 0.29) is 6.04 Å². The second kappa shape index (κ2) is 7.11. The monoisotopic (exact) mass is 355 g/mol. The largest absolute Gasteiger partial charge is 0.421 e. The summed E-state index contributed by atoms with van der Waals surface area (Å²) in [5.74, 6) is 0.918. The number of aromatic nitrogens is 2. The second-order valence-electron chi connectivity index (χ2n) is 5.82. The van der Waals surface area contributed by atoms with Gasteiger partial charge in [0.25, 0.3) is 0 Å². The average Bonchev–Trinajstić information content (AvgIpc) is 3.13. The summed E-state index contributed by atoms with van der Waals surface area (Å²) >= 11 is 1.18. The molecule has 1 fully saturated rings. The molecule has 0 amide bonds. The molecule has 2 aromatic rings. The molecule has 2 aromatic heterocycles. The minimum absolute atomic E-state index is 0.0446. The predicted octanol–water partition coefficient (Wildman–Crippen LogP) is 3.36. The van der Waals surface area contributed by atoms with Crippen LogP contribution in [0, 0.1) is 0 Å². The third-order valence-electron chi connectivity index (χ3n) is 4.03. The van der Waals surface area contributed by atoms with Crippen LogP contribution < -0.4 is 4.72 Å². The Kier molecular flexibility index (Phi) is 5.13. The Hall–Kier alpha value is -1.25. The van der Waals surface area contributed by atoms with Crippen LogP contribution in [0.3, 0.4) is 0 Å². The van der Waals surface area contributed by atoms with Crippen LogP contribution in [0.5, 0.6) is 0 Å². The molecule has 0 spiro atoms. The SMILES string of the molecule is CCc1nnc(-c2csc(S(=O)(=O)NC3CCCCCC3)c2)o1. The topological polar surface area (TPSA) is 85.1 Å². The van der Waals surface area contributed by atoms with Gasteiger partial charge >= 0.3 is 0 Å². The maximum Gasteiger partial charge on any atom is 0.250 e. The van der Waals surface area contributed by atoms with E-state index in [9.17, 15) is 8.42 Å². The van der Waals surface area contributed by atoms with Crippen molar-refractivity contribution in [1.82, 2.24) is 14.9 Å². The van der Waals surface area contributed by atoms with Gasteiger partial charge in [0.1, 0.15) is 4.21 Å². The number of nitrogens with zero attached hydrogens (tertiary/aromatic N) is 2. The Morgan fingerprint density at radius 2 is 2.00 bits per heavy atom. The quantitative estimate of drug-likeness (QED) is 0.831. The third-order valence-corrected chi connectivity index (χ3v) is 6.99. The van der Waals surface area contributed by atoms with E-state index in [4.69, 9.17) is 4.42 Å². The van der Waals surface area contributed by atoms with Gasteiger partial charge in [-0.25, -0.2) is 13.1 Å². The first-order valence-corrected chi connectivity index (χ1v) is 10.4. The molecule has 0 radical (unpaired) electrons. The standard InChI is InChI=1S/C15H21N3O3S2/c1-2-13-16-17-15(21-13)11-9-14(22-10-11)23(19,20)18-12-7-5-3-4-6-8-12/h9-10,12,18H,2-8H2,1H3. The van der Waals surface area contributed by atoms with Crippen molar-refractivity contribution in [3.63, 3.8) is 0 Å². The molecule has 126 valence electrons. The van der Waals surface area contributed by atoms with E-state index in [1.165, 1.54) is 24.2 Å². The lowest BCUT2D eigenvalue weighted by atomic mass is 10.1. The Labute approximate surface area is 140 Å². The highest BCUT2D eigenvalue weighted by atomic mass is 32.2. The smallest absolute Gasteiger partial charge is 0.250 e. The van der Waals surface area contributed by atoms with Gasteiger partial charge in [0.2, 0.25) is 21.8 Å². The Balaban J connectivity index is 1.75. The molecule has 8 heteroatoms. The zero-order valence-corrected chi connectivity index (χ0v) is 14.8. The average molecular weight is 355 g/mol. The number of sulfonamides is 1. The fourth-order valence-corrected chi connectivity index (χ4v) is 5.23. The first-order valence-electron chi connectivity index (χ1n) is 8.02. The van der Waals surface area contributed by atoms with E-state index in [0.29, 0.717) is 28.0 Å². The lowest BCUT2D eigenvalue weighted by molar-refractivity contribution is 0.511. The van der Waals surface area contributed by atoms with Gasteiger partial charge in [-0.1, -0.05) is 32.6 Å².